The predicted molar refractivity (Wildman–Crippen MR) is 113 cm³/mol. The number of nitrogens with one attached hydrogen (secondary N) is 2. The van der Waals surface area contributed by atoms with Crippen molar-refractivity contribution in [2.45, 2.75) is 51.5 Å². The third-order valence-electron chi connectivity index (χ3n) is 8.16. The van der Waals surface area contributed by atoms with E-state index in [0.717, 1.165) is 50.5 Å². The summed E-state index contributed by atoms with van der Waals surface area (Å²) in [6.45, 7) is 4.58. The third-order valence-corrected chi connectivity index (χ3v) is 8.16. The zero-order valence-electron chi connectivity index (χ0n) is 17.9. The second kappa shape index (κ2) is 8.29. The Bertz CT molecular complexity index is 737. The number of pyridine rings is 1. The molecule has 2 amide bonds. The highest BCUT2D eigenvalue weighted by molar-refractivity contribution is 5.85. The van der Waals surface area contributed by atoms with Crippen LogP contribution in [0, 0.1) is 23.2 Å². The Labute approximate surface area is 179 Å². The van der Waals surface area contributed by atoms with Gasteiger partial charge in [-0.2, -0.15) is 0 Å². The van der Waals surface area contributed by atoms with E-state index in [2.05, 4.69) is 22.4 Å². The van der Waals surface area contributed by atoms with Crippen LogP contribution in [0.4, 0.5) is 0 Å². The highest BCUT2D eigenvalue weighted by Gasteiger charge is 2.51. The van der Waals surface area contributed by atoms with Gasteiger partial charge in [0.15, 0.2) is 0 Å². The quantitative estimate of drug-likeness (QED) is 0.735. The summed E-state index contributed by atoms with van der Waals surface area (Å²) >= 11 is 0. The van der Waals surface area contributed by atoms with Gasteiger partial charge in [0.1, 0.15) is 6.54 Å². The molecule has 4 bridgehead atoms. The summed E-state index contributed by atoms with van der Waals surface area (Å²) in [6.07, 6.45) is 12.2. The fraction of sp³-hybridized carbons (Fsp3) is 0.708. The van der Waals surface area contributed by atoms with Gasteiger partial charge >= 0.3 is 0 Å². The zero-order chi connectivity index (χ0) is 20.6. The van der Waals surface area contributed by atoms with E-state index in [4.69, 9.17) is 0 Å². The number of carbonyl (C=O) groups excluding carboxylic acids is 2. The molecule has 4 aliphatic carbocycles. The number of quaternary nitrogens is 1. The Morgan fingerprint density at radius 3 is 2.23 bits per heavy atom. The van der Waals surface area contributed by atoms with Gasteiger partial charge in [-0.1, -0.05) is 0 Å². The Morgan fingerprint density at radius 2 is 1.63 bits per heavy atom. The third kappa shape index (κ3) is 4.39. The van der Waals surface area contributed by atoms with Crippen molar-refractivity contribution in [1.29, 1.82) is 0 Å². The number of hydrogen-bond acceptors (Lipinski definition) is 3. The molecule has 6 heteroatoms. The molecule has 1 aromatic heterocycles. The van der Waals surface area contributed by atoms with Crippen molar-refractivity contribution < 1.29 is 14.5 Å². The second-order valence-corrected chi connectivity index (χ2v) is 10.5. The smallest absolute Gasteiger partial charge is 0.242 e. The van der Waals surface area contributed by atoms with Crippen LogP contribution in [-0.2, 0) is 16.1 Å². The summed E-state index contributed by atoms with van der Waals surface area (Å²) in [5.41, 5.74) is 1.53. The van der Waals surface area contributed by atoms with Crippen molar-refractivity contribution in [3.05, 3.63) is 30.1 Å². The van der Waals surface area contributed by atoms with Crippen molar-refractivity contribution in [2.75, 3.05) is 32.7 Å². The van der Waals surface area contributed by atoms with E-state index in [1.54, 1.807) is 0 Å². The Balaban J connectivity index is 1.05. The predicted octanol–water partition coefficient (Wildman–Crippen LogP) is 1.03. The first-order valence-electron chi connectivity index (χ1n) is 11.8. The molecule has 2 N–H and O–H groups in total. The molecule has 4 saturated carbocycles. The molecule has 0 spiro atoms. The topological polar surface area (TPSA) is 66.7 Å². The van der Waals surface area contributed by atoms with Crippen LogP contribution in [0.3, 0.4) is 0 Å². The van der Waals surface area contributed by atoms with E-state index < -0.39 is 0 Å². The number of carbonyl (C=O) groups is 2. The summed E-state index contributed by atoms with van der Waals surface area (Å²) in [4.78, 5) is 32.8. The lowest BCUT2D eigenvalue weighted by atomic mass is 9.49. The summed E-state index contributed by atoms with van der Waals surface area (Å²) in [7, 11) is 0. The van der Waals surface area contributed by atoms with Crippen molar-refractivity contribution >= 4 is 11.8 Å². The lowest BCUT2D eigenvalue weighted by Crippen LogP contribution is -3.13. The largest absolute Gasteiger partial charge is 0.347 e. The van der Waals surface area contributed by atoms with E-state index in [9.17, 15) is 9.59 Å². The van der Waals surface area contributed by atoms with E-state index in [1.165, 1.54) is 49.0 Å². The molecular weight excluding hydrogens is 376 g/mol. The standard InChI is InChI=1S/C24H34N4O2/c29-22(15-24-12-19-9-20(13-24)11-21(10-19)14-24)26-16-23(30)28-7-5-27(6-8-28)17-18-1-3-25-4-2-18/h1-4,19-21H,5-17H2,(H,26,29)/p+1. The minimum absolute atomic E-state index is 0.0665. The van der Waals surface area contributed by atoms with Crippen molar-refractivity contribution in [3.8, 4) is 0 Å². The molecule has 1 aliphatic heterocycles. The maximum Gasteiger partial charge on any atom is 0.242 e. The minimum Gasteiger partial charge on any atom is -0.347 e. The Kier molecular flexibility index (Phi) is 5.52. The number of hydrogen-bond donors (Lipinski definition) is 2. The maximum atomic E-state index is 12.7. The van der Waals surface area contributed by atoms with Crippen LogP contribution < -0.4 is 10.2 Å². The molecule has 1 saturated heterocycles. The first-order chi connectivity index (χ1) is 14.6. The van der Waals surface area contributed by atoms with Crippen molar-refractivity contribution in [1.82, 2.24) is 15.2 Å². The molecule has 5 aliphatic rings. The van der Waals surface area contributed by atoms with E-state index >= 15 is 0 Å². The minimum atomic E-state index is 0.0665. The number of piperazine rings is 1. The average molecular weight is 412 g/mol. The zero-order valence-corrected chi connectivity index (χ0v) is 17.9. The van der Waals surface area contributed by atoms with Gasteiger partial charge in [0.05, 0.1) is 32.7 Å². The molecule has 6 rings (SSSR count). The number of nitrogens with zero attached hydrogens (tertiary/aromatic N) is 2. The Hall–Kier alpha value is -1.95. The Morgan fingerprint density at radius 1 is 1.03 bits per heavy atom. The van der Waals surface area contributed by atoms with Crippen molar-refractivity contribution in [3.63, 3.8) is 0 Å². The molecule has 0 radical (unpaired) electrons. The summed E-state index contributed by atoms with van der Waals surface area (Å²) in [5.74, 6) is 2.73. The van der Waals surface area contributed by atoms with Gasteiger partial charge in [-0.15, -0.1) is 0 Å². The normalized spacial score (nSPS) is 32.9. The fourth-order valence-electron chi connectivity index (χ4n) is 7.23. The number of rotatable bonds is 6. The maximum absolute atomic E-state index is 12.7. The average Bonchev–Trinajstić information content (AvgIpc) is 2.72. The number of aromatic nitrogens is 1. The molecule has 2 heterocycles. The lowest BCUT2D eigenvalue weighted by Gasteiger charge is -2.56. The van der Waals surface area contributed by atoms with Crippen LogP contribution >= 0.6 is 0 Å². The monoisotopic (exact) mass is 411 g/mol. The van der Waals surface area contributed by atoms with Gasteiger partial charge in [0.25, 0.3) is 0 Å². The molecule has 30 heavy (non-hydrogen) atoms. The fourth-order valence-corrected chi connectivity index (χ4v) is 7.23. The lowest BCUT2D eigenvalue weighted by molar-refractivity contribution is -0.917. The SMILES string of the molecule is O=C(CC12CC3CC(CC(C3)C1)C2)NCC(=O)N1CC[NH+](Cc2ccncc2)CC1. The first kappa shape index (κ1) is 20.0. The second-order valence-electron chi connectivity index (χ2n) is 10.5. The first-order valence-corrected chi connectivity index (χ1v) is 11.8. The van der Waals surface area contributed by atoms with Crippen LogP contribution in [0.1, 0.15) is 50.5 Å². The summed E-state index contributed by atoms with van der Waals surface area (Å²) in [6, 6.07) is 4.12. The molecule has 0 unspecified atom stereocenters. The number of amides is 2. The van der Waals surface area contributed by atoms with E-state index in [0.29, 0.717) is 6.42 Å². The highest BCUT2D eigenvalue weighted by atomic mass is 16.2. The molecule has 1 aromatic rings. The molecule has 0 atom stereocenters. The molecule has 0 aromatic carbocycles. The van der Waals surface area contributed by atoms with E-state index in [1.807, 2.05) is 17.3 Å². The molecular formula is C24H35N4O2+. The molecule has 5 fully saturated rings. The van der Waals surface area contributed by atoms with Crippen molar-refractivity contribution in [2.24, 2.45) is 23.2 Å². The van der Waals surface area contributed by atoms with Gasteiger partial charge in [0, 0.05) is 24.4 Å². The van der Waals surface area contributed by atoms with Gasteiger partial charge in [0.2, 0.25) is 11.8 Å². The van der Waals surface area contributed by atoms with Crippen LogP contribution in [-0.4, -0.2) is 54.4 Å². The molecule has 162 valence electrons. The van der Waals surface area contributed by atoms with Gasteiger partial charge in [-0.05, 0) is 73.8 Å². The summed E-state index contributed by atoms with van der Waals surface area (Å²) in [5, 5.41) is 2.96. The van der Waals surface area contributed by atoms with Gasteiger partial charge in [-0.25, -0.2) is 0 Å². The van der Waals surface area contributed by atoms with Crippen LogP contribution in [0.2, 0.25) is 0 Å². The van der Waals surface area contributed by atoms with Crippen LogP contribution in [0.5, 0.6) is 0 Å². The molecule has 6 nitrogen and oxygen atoms in total. The highest BCUT2D eigenvalue weighted by Crippen LogP contribution is 2.61. The van der Waals surface area contributed by atoms with Crippen LogP contribution in [0.15, 0.2) is 24.5 Å². The van der Waals surface area contributed by atoms with Gasteiger partial charge in [-0.3, -0.25) is 14.6 Å². The van der Waals surface area contributed by atoms with Crippen LogP contribution in [0.25, 0.3) is 0 Å². The summed E-state index contributed by atoms with van der Waals surface area (Å²) < 4.78 is 0. The van der Waals surface area contributed by atoms with E-state index in [-0.39, 0.29) is 23.8 Å². The van der Waals surface area contributed by atoms with Gasteiger partial charge < -0.3 is 15.1 Å².